The summed E-state index contributed by atoms with van der Waals surface area (Å²) in [5.74, 6) is -0.135. The summed E-state index contributed by atoms with van der Waals surface area (Å²) in [6.45, 7) is 0. The molecule has 0 bridgehead atoms. The maximum atomic E-state index is 12.6. The number of thiazole rings is 1. The van der Waals surface area contributed by atoms with Gasteiger partial charge in [-0.3, -0.25) is 14.9 Å². The first kappa shape index (κ1) is 13.7. The number of benzene rings is 1. The molecular formula is C14H13N3O3S. The zero-order valence-corrected chi connectivity index (χ0v) is 11.9. The molecule has 0 radical (unpaired) electrons. The molecule has 108 valence electrons. The minimum absolute atomic E-state index is 0.0762. The van der Waals surface area contributed by atoms with Crippen molar-refractivity contribution < 1.29 is 9.72 Å². The van der Waals surface area contributed by atoms with Crippen molar-refractivity contribution >= 4 is 27.4 Å². The molecule has 21 heavy (non-hydrogen) atoms. The highest BCUT2D eigenvalue weighted by molar-refractivity contribution is 7.18. The number of nitrogens with one attached hydrogen (secondary N) is 1. The number of hydrogen-bond donors (Lipinski definition) is 1. The molecule has 0 spiro atoms. The molecule has 0 saturated heterocycles. The summed E-state index contributed by atoms with van der Waals surface area (Å²) in [7, 11) is 0. The van der Waals surface area contributed by atoms with Crippen molar-refractivity contribution in [3.05, 3.63) is 52.2 Å². The molecule has 6 nitrogen and oxygen atoms in total. The highest BCUT2D eigenvalue weighted by Crippen LogP contribution is 2.44. The number of hydrogen-bond acceptors (Lipinski definition) is 5. The summed E-state index contributed by atoms with van der Waals surface area (Å²) >= 11 is 0.873. The van der Waals surface area contributed by atoms with E-state index in [2.05, 4.69) is 10.3 Å². The first-order valence-electron chi connectivity index (χ1n) is 6.59. The highest BCUT2D eigenvalue weighted by atomic mass is 32.1. The molecule has 1 heterocycles. The van der Waals surface area contributed by atoms with E-state index in [0.717, 1.165) is 42.4 Å². The van der Waals surface area contributed by atoms with Crippen molar-refractivity contribution in [1.29, 1.82) is 0 Å². The predicted octanol–water partition coefficient (Wildman–Crippen LogP) is 3.11. The number of aromatic nitrogens is 1. The summed E-state index contributed by atoms with van der Waals surface area (Å²) in [6.07, 6.45) is 3.74. The largest absolute Gasteiger partial charge is 0.345 e. The molecule has 1 aliphatic carbocycles. The predicted molar refractivity (Wildman–Crippen MR) is 79.4 cm³/mol. The number of carbonyl (C=O) groups is 1. The quantitative estimate of drug-likeness (QED) is 0.694. The molecule has 0 aliphatic heterocycles. The first-order valence-corrected chi connectivity index (χ1v) is 7.41. The van der Waals surface area contributed by atoms with Crippen molar-refractivity contribution in [2.75, 3.05) is 5.32 Å². The first-order chi connectivity index (χ1) is 10.1. The number of carbonyl (C=O) groups excluding carboxylic acids is 1. The lowest BCUT2D eigenvalue weighted by Gasteiger charge is -2.40. The lowest BCUT2D eigenvalue weighted by atomic mass is 9.64. The standard InChI is InChI=1S/C14H13N3O3S/c18-12(16-13-15-9-11(21-13)17(19)20)14(7-4-8-14)10-5-2-1-3-6-10/h1-3,5-6,9H,4,7-8H2,(H,15,16,18). The third kappa shape index (κ3) is 2.40. The molecule has 1 aromatic heterocycles. The van der Waals surface area contributed by atoms with Gasteiger partial charge in [0, 0.05) is 0 Å². The second kappa shape index (κ2) is 5.25. The number of nitro groups is 1. The molecule has 1 saturated carbocycles. The second-order valence-electron chi connectivity index (χ2n) is 5.02. The van der Waals surface area contributed by atoms with Crippen LogP contribution in [0.25, 0.3) is 0 Å². The third-order valence-electron chi connectivity index (χ3n) is 3.86. The van der Waals surface area contributed by atoms with Gasteiger partial charge in [-0.05, 0) is 29.7 Å². The Balaban J connectivity index is 1.81. The Morgan fingerprint density at radius 3 is 2.57 bits per heavy atom. The fourth-order valence-corrected chi connectivity index (χ4v) is 3.19. The summed E-state index contributed by atoms with van der Waals surface area (Å²) in [5, 5.41) is 13.6. The highest BCUT2D eigenvalue weighted by Gasteiger charge is 2.45. The third-order valence-corrected chi connectivity index (χ3v) is 4.73. The van der Waals surface area contributed by atoms with Crippen LogP contribution in [0.2, 0.25) is 0 Å². The SMILES string of the molecule is O=C(Nc1ncc([N+](=O)[O-])s1)C1(c2ccccc2)CCC1. The summed E-state index contributed by atoms with van der Waals surface area (Å²) in [5.41, 5.74) is 0.460. The van der Waals surface area contributed by atoms with Gasteiger partial charge >= 0.3 is 5.00 Å². The van der Waals surface area contributed by atoms with Crippen molar-refractivity contribution in [1.82, 2.24) is 4.98 Å². The summed E-state index contributed by atoms with van der Waals surface area (Å²) < 4.78 is 0. The van der Waals surface area contributed by atoms with Gasteiger partial charge in [0.1, 0.15) is 6.20 Å². The smallest absolute Gasteiger partial charge is 0.301 e. The lowest BCUT2D eigenvalue weighted by Crippen LogP contribution is -2.45. The molecule has 1 aliphatic rings. The van der Waals surface area contributed by atoms with E-state index in [0.29, 0.717) is 0 Å². The van der Waals surface area contributed by atoms with Crippen LogP contribution in [0, 0.1) is 10.1 Å². The number of amides is 1. The molecule has 1 N–H and O–H groups in total. The van der Waals surface area contributed by atoms with Gasteiger partial charge in [0.25, 0.3) is 0 Å². The van der Waals surface area contributed by atoms with Gasteiger partial charge in [0.2, 0.25) is 5.91 Å². The Kier molecular flexibility index (Phi) is 3.42. The summed E-state index contributed by atoms with van der Waals surface area (Å²) in [6, 6.07) is 9.64. The van der Waals surface area contributed by atoms with Crippen LogP contribution < -0.4 is 5.32 Å². The Bertz CT molecular complexity index is 680. The Hall–Kier alpha value is -2.28. The van der Waals surface area contributed by atoms with E-state index in [-0.39, 0.29) is 16.0 Å². The Morgan fingerprint density at radius 2 is 2.05 bits per heavy atom. The van der Waals surface area contributed by atoms with Gasteiger partial charge in [-0.2, -0.15) is 0 Å². The van der Waals surface area contributed by atoms with Gasteiger partial charge in [-0.1, -0.05) is 36.8 Å². The van der Waals surface area contributed by atoms with Gasteiger partial charge < -0.3 is 5.32 Å². The molecule has 1 aromatic carbocycles. The van der Waals surface area contributed by atoms with E-state index in [1.54, 1.807) is 0 Å². The Labute approximate surface area is 125 Å². The maximum absolute atomic E-state index is 12.6. The molecule has 2 aromatic rings. The monoisotopic (exact) mass is 303 g/mol. The van der Waals surface area contributed by atoms with E-state index < -0.39 is 10.3 Å². The van der Waals surface area contributed by atoms with Crippen molar-refractivity contribution in [2.45, 2.75) is 24.7 Å². The average Bonchev–Trinajstić information content (AvgIpc) is 2.87. The van der Waals surface area contributed by atoms with Crippen LogP contribution >= 0.6 is 11.3 Å². The van der Waals surface area contributed by atoms with E-state index in [1.165, 1.54) is 0 Å². The van der Waals surface area contributed by atoms with Gasteiger partial charge in [-0.15, -0.1) is 0 Å². The fraction of sp³-hybridized carbons (Fsp3) is 0.286. The average molecular weight is 303 g/mol. The minimum atomic E-state index is -0.526. The molecule has 1 amide bonds. The van der Waals surface area contributed by atoms with Gasteiger partial charge in [-0.25, -0.2) is 4.98 Å². The van der Waals surface area contributed by atoms with Crippen LogP contribution in [0.5, 0.6) is 0 Å². The second-order valence-corrected chi connectivity index (χ2v) is 6.03. The van der Waals surface area contributed by atoms with Crippen LogP contribution in [0.4, 0.5) is 10.1 Å². The molecular weight excluding hydrogens is 290 g/mol. The van der Waals surface area contributed by atoms with E-state index in [4.69, 9.17) is 0 Å². The van der Waals surface area contributed by atoms with Gasteiger partial charge in [0.15, 0.2) is 5.13 Å². The van der Waals surface area contributed by atoms with Crippen molar-refractivity contribution in [2.24, 2.45) is 0 Å². The van der Waals surface area contributed by atoms with Crippen LogP contribution in [-0.4, -0.2) is 15.8 Å². The molecule has 7 heteroatoms. The van der Waals surface area contributed by atoms with Crippen molar-refractivity contribution in [3.63, 3.8) is 0 Å². The Morgan fingerprint density at radius 1 is 1.33 bits per heavy atom. The van der Waals surface area contributed by atoms with Gasteiger partial charge in [0.05, 0.1) is 10.3 Å². The lowest BCUT2D eigenvalue weighted by molar-refractivity contribution is -0.380. The normalized spacial score (nSPS) is 16.0. The minimum Gasteiger partial charge on any atom is -0.301 e. The zero-order valence-electron chi connectivity index (χ0n) is 11.1. The number of rotatable bonds is 4. The number of nitrogens with zero attached hydrogens (tertiary/aromatic N) is 2. The van der Waals surface area contributed by atoms with Crippen LogP contribution in [0.3, 0.4) is 0 Å². The zero-order chi connectivity index (χ0) is 14.9. The maximum Gasteiger partial charge on any atom is 0.345 e. The summed E-state index contributed by atoms with van der Waals surface area (Å²) in [4.78, 5) is 26.6. The molecule has 0 unspecified atom stereocenters. The molecule has 1 fully saturated rings. The van der Waals surface area contributed by atoms with Crippen molar-refractivity contribution in [3.8, 4) is 0 Å². The van der Waals surface area contributed by atoms with Crippen LogP contribution in [0.15, 0.2) is 36.5 Å². The van der Waals surface area contributed by atoms with E-state index in [9.17, 15) is 14.9 Å². The molecule has 3 rings (SSSR count). The van der Waals surface area contributed by atoms with E-state index >= 15 is 0 Å². The topological polar surface area (TPSA) is 85.1 Å². The van der Waals surface area contributed by atoms with Crippen LogP contribution in [0.1, 0.15) is 24.8 Å². The van der Waals surface area contributed by atoms with E-state index in [1.807, 2.05) is 30.3 Å². The fourth-order valence-electron chi connectivity index (χ4n) is 2.56. The number of anilines is 1. The molecule has 0 atom stereocenters. The van der Waals surface area contributed by atoms with Crippen LogP contribution in [-0.2, 0) is 10.2 Å².